The maximum atomic E-state index is 12.2. The van der Waals surface area contributed by atoms with Crippen LogP contribution in [0.5, 0.6) is 11.5 Å². The van der Waals surface area contributed by atoms with Crippen LogP contribution in [0.3, 0.4) is 0 Å². The van der Waals surface area contributed by atoms with E-state index in [0.717, 1.165) is 87.5 Å². The number of fused-ring (bicyclic) bond motifs is 1. The summed E-state index contributed by atoms with van der Waals surface area (Å²) < 4.78 is 21.2. The zero-order valence-electron chi connectivity index (χ0n) is 42.1. The van der Waals surface area contributed by atoms with E-state index in [4.69, 9.17) is 76.2 Å². The van der Waals surface area contributed by atoms with Crippen LogP contribution in [-0.2, 0) is 32.2 Å². The van der Waals surface area contributed by atoms with Gasteiger partial charge in [-0.25, -0.2) is 14.5 Å². The summed E-state index contributed by atoms with van der Waals surface area (Å²) in [6.07, 6.45) is 7.90. The van der Waals surface area contributed by atoms with Gasteiger partial charge in [-0.2, -0.15) is 0 Å². The summed E-state index contributed by atoms with van der Waals surface area (Å²) in [7, 11) is 0. The summed E-state index contributed by atoms with van der Waals surface area (Å²) >= 11 is 23.9. The molecule has 1 unspecified atom stereocenters. The smallest absolute Gasteiger partial charge is 0.416 e. The van der Waals surface area contributed by atoms with Crippen molar-refractivity contribution < 1.29 is 38.4 Å². The molecule has 5 aromatic rings. The van der Waals surface area contributed by atoms with Gasteiger partial charge in [-0.05, 0) is 163 Å². The number of nitrogens with two attached hydrogens (primary N) is 1. The standard InChI is InChI=1S/C22H25Cl2NO2.C14H17NO3.C12H16Cl2N2.C9H10O3/c1-16-2-5-20(6-3-16)27-15-19(26)12-17-8-10-25(11-9-17)14-18-4-7-21(23)22(24)13-18;1-3-17-13-10-9-11-7-5-6-8-12(11)15(13)14(16)18-4-2;13-11-2-1-9(7-12(11)14)8-16-5-3-10(15)4-6-16;1-7-2-4-8(5-3-7)12-6-9(10)11/h2-7,13,17H,8-12,14-15H2,1H3;5-10,13H,3-4H2,1-2H3;1-2,7,10H,3-6,8,15H2;2-5H,6H2,1H3,(H,10,11). The molecule has 1 amide bonds. The molecule has 16 heteroatoms. The molecule has 1 atom stereocenters. The van der Waals surface area contributed by atoms with Gasteiger partial charge in [0.15, 0.2) is 18.6 Å². The van der Waals surface area contributed by atoms with Crippen LogP contribution < -0.4 is 20.1 Å². The number of amides is 1. The van der Waals surface area contributed by atoms with Gasteiger partial charge in [0.05, 0.1) is 32.4 Å². The van der Waals surface area contributed by atoms with E-state index in [2.05, 4.69) is 9.80 Å². The van der Waals surface area contributed by atoms with Crippen LogP contribution in [0.15, 0.2) is 115 Å². The number of anilines is 1. The highest BCUT2D eigenvalue weighted by Crippen LogP contribution is 2.31. The Morgan fingerprint density at radius 2 is 1.15 bits per heavy atom. The number of likely N-dealkylation sites (tertiary alicyclic amines) is 2. The number of aryl methyl sites for hydroxylation is 2. The summed E-state index contributed by atoms with van der Waals surface area (Å²) in [5.41, 5.74) is 12.4. The number of halogens is 4. The summed E-state index contributed by atoms with van der Waals surface area (Å²) in [6, 6.07) is 34.7. The van der Waals surface area contributed by atoms with Crippen molar-refractivity contribution in [3.05, 3.63) is 163 Å². The lowest BCUT2D eigenvalue weighted by molar-refractivity contribution is -0.139. The molecule has 12 nitrogen and oxygen atoms in total. The first-order valence-electron chi connectivity index (χ1n) is 24.7. The van der Waals surface area contributed by atoms with E-state index in [0.29, 0.717) is 57.4 Å². The lowest BCUT2D eigenvalue weighted by Crippen LogP contribution is -2.43. The quantitative estimate of drug-likeness (QED) is 0.103. The maximum absolute atomic E-state index is 12.2. The summed E-state index contributed by atoms with van der Waals surface area (Å²) in [6.45, 7) is 14.4. The van der Waals surface area contributed by atoms with Gasteiger partial charge in [0.2, 0.25) is 0 Å². The molecule has 0 radical (unpaired) electrons. The molecule has 8 rings (SSSR count). The van der Waals surface area contributed by atoms with Crippen LogP contribution in [0.25, 0.3) is 6.08 Å². The summed E-state index contributed by atoms with van der Waals surface area (Å²) in [4.78, 5) is 40.7. The minimum absolute atomic E-state index is 0.159. The molecule has 5 aromatic carbocycles. The highest BCUT2D eigenvalue weighted by Gasteiger charge is 2.29. The number of carbonyl (C=O) groups excluding carboxylic acids is 2. The van der Waals surface area contributed by atoms with Gasteiger partial charge in [-0.15, -0.1) is 0 Å². The van der Waals surface area contributed by atoms with Crippen molar-refractivity contribution in [1.82, 2.24) is 9.80 Å². The number of aliphatic carboxylic acids is 1. The zero-order chi connectivity index (χ0) is 52.7. The Kier molecular flexibility index (Phi) is 24.9. The second-order valence-corrected chi connectivity index (χ2v) is 19.6. The third-order valence-electron chi connectivity index (χ3n) is 12.1. The second kappa shape index (κ2) is 30.9. The fourth-order valence-electron chi connectivity index (χ4n) is 8.16. The molecule has 2 fully saturated rings. The van der Waals surface area contributed by atoms with Crippen molar-refractivity contribution in [2.45, 2.75) is 85.2 Å². The van der Waals surface area contributed by atoms with E-state index < -0.39 is 12.2 Å². The van der Waals surface area contributed by atoms with E-state index >= 15 is 0 Å². The first kappa shape index (κ1) is 58.7. The maximum Gasteiger partial charge on any atom is 0.416 e. The molecule has 0 spiro atoms. The summed E-state index contributed by atoms with van der Waals surface area (Å²) in [5, 5.41) is 10.7. The van der Waals surface area contributed by atoms with Crippen LogP contribution in [-0.4, -0.2) is 97.6 Å². The molecular weight excluding hydrogens is 1010 g/mol. The molecule has 392 valence electrons. The van der Waals surface area contributed by atoms with Crippen molar-refractivity contribution >= 4 is 76.0 Å². The van der Waals surface area contributed by atoms with Gasteiger partial charge in [-0.1, -0.05) is 118 Å². The molecule has 3 heterocycles. The van der Waals surface area contributed by atoms with E-state index in [1.54, 1.807) is 24.0 Å². The largest absolute Gasteiger partial charge is 0.486 e. The van der Waals surface area contributed by atoms with E-state index in [-0.39, 0.29) is 25.1 Å². The Morgan fingerprint density at radius 3 is 1.64 bits per heavy atom. The van der Waals surface area contributed by atoms with E-state index in [1.807, 2.05) is 130 Å². The highest BCUT2D eigenvalue weighted by molar-refractivity contribution is 6.42. The molecule has 3 N–H and O–H groups in total. The third kappa shape index (κ3) is 20.6. The minimum atomic E-state index is -0.962. The number of ether oxygens (including phenoxy) is 4. The number of ketones is 1. The fourth-order valence-corrected chi connectivity index (χ4v) is 8.81. The molecule has 73 heavy (non-hydrogen) atoms. The van der Waals surface area contributed by atoms with Gasteiger partial charge >= 0.3 is 12.1 Å². The molecular formula is C57H68Cl4N4O8. The molecule has 3 aliphatic rings. The van der Waals surface area contributed by atoms with Crippen LogP contribution in [0.2, 0.25) is 20.1 Å². The average Bonchev–Trinajstić information content (AvgIpc) is 3.38. The second-order valence-electron chi connectivity index (χ2n) is 18.0. The van der Waals surface area contributed by atoms with Crippen molar-refractivity contribution in [2.24, 2.45) is 11.7 Å². The molecule has 2 saturated heterocycles. The Hall–Kier alpha value is -5.15. The van der Waals surface area contributed by atoms with Gasteiger partial charge in [-0.3, -0.25) is 14.6 Å². The molecule has 0 saturated carbocycles. The molecule has 0 aromatic heterocycles. The number of carboxylic acids is 1. The molecule has 3 aliphatic heterocycles. The number of para-hydroxylation sites is 1. The normalized spacial score (nSPS) is 15.8. The van der Waals surface area contributed by atoms with Crippen molar-refractivity contribution in [3.63, 3.8) is 0 Å². The van der Waals surface area contributed by atoms with Gasteiger partial charge in [0.1, 0.15) is 18.1 Å². The van der Waals surface area contributed by atoms with Gasteiger partial charge < -0.3 is 29.8 Å². The Morgan fingerprint density at radius 1 is 0.644 bits per heavy atom. The lowest BCUT2D eigenvalue weighted by atomic mass is 9.91. The Balaban J connectivity index is 0.000000189. The number of hydrogen-bond acceptors (Lipinski definition) is 10. The van der Waals surface area contributed by atoms with Gasteiger partial charge in [0, 0.05) is 32.2 Å². The first-order chi connectivity index (χ1) is 35.1. The number of hydrogen-bond donors (Lipinski definition) is 2. The van der Waals surface area contributed by atoms with Crippen LogP contribution >= 0.6 is 46.4 Å². The lowest BCUT2D eigenvalue weighted by Gasteiger charge is -2.32. The third-order valence-corrected chi connectivity index (χ3v) is 13.6. The fraction of sp³-hybridized carbons (Fsp3) is 0.386. The Bertz CT molecular complexity index is 2530. The monoisotopic (exact) mass is 1080 g/mol. The van der Waals surface area contributed by atoms with Crippen molar-refractivity contribution in [2.75, 3.05) is 57.5 Å². The average molecular weight is 1080 g/mol. The number of rotatable bonds is 15. The number of carbonyl (C=O) groups is 3. The van der Waals surface area contributed by atoms with E-state index in [9.17, 15) is 14.4 Å². The zero-order valence-corrected chi connectivity index (χ0v) is 45.1. The van der Waals surface area contributed by atoms with Crippen LogP contribution in [0.1, 0.15) is 73.8 Å². The topological polar surface area (TPSA) is 144 Å². The van der Waals surface area contributed by atoms with Gasteiger partial charge in [0.25, 0.3) is 0 Å². The SMILES string of the molecule is CCOC(=O)N1c2ccccc2C=CC1OCC.Cc1ccc(OCC(=O)CC2CCN(Cc3ccc(Cl)c(Cl)c3)CC2)cc1.Cc1ccc(OCC(=O)O)cc1.NC1CCN(Cc2ccc(Cl)c(Cl)c2)CC1. The number of piperidine rings is 2. The number of Topliss-reactive ketones (excluding diaryl/α,β-unsaturated/α-hetero) is 1. The molecule has 0 aliphatic carbocycles. The minimum Gasteiger partial charge on any atom is -0.486 e. The number of carboxylic acid groups (broad SMARTS) is 1. The predicted octanol–water partition coefficient (Wildman–Crippen LogP) is 13.0. The Labute approximate surface area is 450 Å². The van der Waals surface area contributed by atoms with Crippen LogP contribution in [0, 0.1) is 19.8 Å². The number of nitrogens with zero attached hydrogens (tertiary/aromatic N) is 3. The van der Waals surface area contributed by atoms with Crippen LogP contribution in [0.4, 0.5) is 10.5 Å². The van der Waals surface area contributed by atoms with E-state index in [1.165, 1.54) is 16.7 Å². The summed E-state index contributed by atoms with van der Waals surface area (Å²) in [5.74, 6) is 1.01. The number of benzene rings is 5. The highest BCUT2D eigenvalue weighted by atomic mass is 35.5. The van der Waals surface area contributed by atoms with Crippen molar-refractivity contribution in [3.8, 4) is 11.5 Å². The molecule has 0 bridgehead atoms. The predicted molar refractivity (Wildman–Crippen MR) is 294 cm³/mol. The van der Waals surface area contributed by atoms with Crippen molar-refractivity contribution in [1.29, 1.82) is 0 Å². The first-order valence-corrected chi connectivity index (χ1v) is 26.2.